The van der Waals surface area contributed by atoms with Gasteiger partial charge in [0, 0.05) is 11.6 Å². The number of rotatable bonds is 5. The van der Waals surface area contributed by atoms with E-state index < -0.39 is 17.2 Å². The molecule has 5 nitrogen and oxygen atoms in total. The van der Waals surface area contributed by atoms with Crippen LogP contribution in [0, 0.1) is 11.6 Å². The van der Waals surface area contributed by atoms with Crippen molar-refractivity contribution in [1.29, 1.82) is 0 Å². The van der Waals surface area contributed by atoms with Crippen LogP contribution in [0.1, 0.15) is 11.4 Å². The maximum absolute atomic E-state index is 14.1. The lowest BCUT2D eigenvalue weighted by Crippen LogP contribution is -2.22. The van der Waals surface area contributed by atoms with E-state index in [4.69, 9.17) is 21.1 Å². The van der Waals surface area contributed by atoms with E-state index in [0.29, 0.717) is 28.3 Å². The first-order valence-electron chi connectivity index (χ1n) is 9.49. The number of ether oxygens (including phenoxy) is 2. The van der Waals surface area contributed by atoms with E-state index >= 15 is 0 Å². The highest BCUT2D eigenvalue weighted by Gasteiger charge is 2.16. The molecule has 3 aromatic carbocycles. The molecule has 1 aromatic heterocycles. The summed E-state index contributed by atoms with van der Waals surface area (Å²) in [7, 11) is 2.94. The van der Waals surface area contributed by atoms with Crippen molar-refractivity contribution in [2.24, 2.45) is 0 Å². The molecular formula is C24H17ClF2N2O3. The van der Waals surface area contributed by atoms with Gasteiger partial charge in [0.05, 0.1) is 35.8 Å². The van der Waals surface area contributed by atoms with Crippen molar-refractivity contribution in [1.82, 2.24) is 9.55 Å². The van der Waals surface area contributed by atoms with Crippen LogP contribution in [0.2, 0.25) is 5.02 Å². The number of hydrogen-bond donors (Lipinski definition) is 0. The van der Waals surface area contributed by atoms with Crippen molar-refractivity contribution in [3.05, 3.63) is 93.0 Å². The summed E-state index contributed by atoms with van der Waals surface area (Å²) in [6.45, 7) is 0. The van der Waals surface area contributed by atoms with Gasteiger partial charge in [-0.1, -0.05) is 29.8 Å². The maximum atomic E-state index is 14.1. The highest BCUT2D eigenvalue weighted by atomic mass is 35.5. The number of aromatic nitrogens is 2. The SMILES string of the molecule is COc1cc2nc(/C=C/c3ccccc3F)n(-c3ccc(F)c(Cl)c3)c(=O)c2cc1OC. The number of nitrogens with zero attached hydrogens (tertiary/aromatic N) is 2. The molecule has 0 amide bonds. The van der Waals surface area contributed by atoms with Crippen molar-refractivity contribution in [2.75, 3.05) is 14.2 Å². The van der Waals surface area contributed by atoms with Crippen LogP contribution < -0.4 is 15.0 Å². The van der Waals surface area contributed by atoms with Gasteiger partial charge in [0.2, 0.25) is 0 Å². The van der Waals surface area contributed by atoms with Gasteiger partial charge in [0.1, 0.15) is 17.5 Å². The van der Waals surface area contributed by atoms with Crippen LogP contribution in [0.15, 0.2) is 59.4 Å². The average molecular weight is 455 g/mol. The molecule has 0 bridgehead atoms. The summed E-state index contributed by atoms with van der Waals surface area (Å²) >= 11 is 5.95. The molecule has 0 fully saturated rings. The number of methoxy groups -OCH3 is 2. The van der Waals surface area contributed by atoms with Crippen LogP contribution in [0.25, 0.3) is 28.7 Å². The second kappa shape index (κ2) is 8.80. The third kappa shape index (κ3) is 3.94. The standard InChI is InChI=1S/C24H17ClF2N2O3/c1-31-21-12-16-20(13-22(21)32-2)28-23(10-7-14-5-3-4-6-18(14)26)29(24(16)30)15-8-9-19(27)17(25)11-15/h3-13H,1-2H3/b10-7+. The Kier molecular flexibility index (Phi) is 5.92. The zero-order chi connectivity index (χ0) is 22.8. The van der Waals surface area contributed by atoms with E-state index in [0.717, 1.165) is 6.07 Å². The molecule has 8 heteroatoms. The monoisotopic (exact) mass is 454 g/mol. The van der Waals surface area contributed by atoms with E-state index in [-0.39, 0.29) is 16.2 Å². The van der Waals surface area contributed by atoms with E-state index in [1.165, 1.54) is 55.2 Å². The van der Waals surface area contributed by atoms with Crippen LogP contribution in [0.4, 0.5) is 8.78 Å². The Bertz CT molecular complexity index is 1420. The summed E-state index contributed by atoms with van der Waals surface area (Å²) in [5.41, 5.74) is 0.536. The van der Waals surface area contributed by atoms with Crippen LogP contribution in [-0.4, -0.2) is 23.8 Å². The quantitative estimate of drug-likeness (QED) is 0.399. The van der Waals surface area contributed by atoms with Gasteiger partial charge < -0.3 is 9.47 Å². The van der Waals surface area contributed by atoms with Crippen molar-refractivity contribution in [2.45, 2.75) is 0 Å². The predicted molar refractivity (Wildman–Crippen MR) is 121 cm³/mol. The molecule has 0 unspecified atom stereocenters. The second-order valence-electron chi connectivity index (χ2n) is 6.79. The third-order valence-corrected chi connectivity index (χ3v) is 5.17. The Labute approximate surface area is 187 Å². The largest absolute Gasteiger partial charge is 0.493 e. The summed E-state index contributed by atoms with van der Waals surface area (Å²) < 4.78 is 39.7. The van der Waals surface area contributed by atoms with Crippen LogP contribution in [-0.2, 0) is 0 Å². The molecule has 0 aliphatic heterocycles. The molecular weight excluding hydrogens is 438 g/mol. The second-order valence-corrected chi connectivity index (χ2v) is 7.20. The number of halogens is 3. The van der Waals surface area contributed by atoms with Crippen LogP contribution in [0.5, 0.6) is 11.5 Å². The molecule has 0 saturated heterocycles. The maximum Gasteiger partial charge on any atom is 0.266 e. The first kappa shape index (κ1) is 21.5. The van der Waals surface area contributed by atoms with E-state index in [9.17, 15) is 13.6 Å². The Morgan fingerprint density at radius 1 is 0.938 bits per heavy atom. The Hall–Kier alpha value is -3.71. The minimum Gasteiger partial charge on any atom is -0.493 e. The molecule has 0 aliphatic carbocycles. The van der Waals surface area contributed by atoms with Crippen molar-refractivity contribution in [3.63, 3.8) is 0 Å². The van der Waals surface area contributed by atoms with Crippen molar-refractivity contribution in [3.8, 4) is 17.2 Å². The fraction of sp³-hybridized carbons (Fsp3) is 0.0833. The Morgan fingerprint density at radius 3 is 2.34 bits per heavy atom. The highest BCUT2D eigenvalue weighted by molar-refractivity contribution is 6.30. The summed E-state index contributed by atoms with van der Waals surface area (Å²) in [6, 6.07) is 13.2. The summed E-state index contributed by atoms with van der Waals surface area (Å²) in [5, 5.41) is 0.108. The first-order valence-corrected chi connectivity index (χ1v) is 9.87. The average Bonchev–Trinajstić information content (AvgIpc) is 2.79. The molecule has 0 N–H and O–H groups in total. The predicted octanol–water partition coefficient (Wildman–Crippen LogP) is 5.50. The van der Waals surface area contributed by atoms with Gasteiger partial charge in [0.25, 0.3) is 5.56 Å². The molecule has 32 heavy (non-hydrogen) atoms. The highest BCUT2D eigenvalue weighted by Crippen LogP contribution is 2.31. The van der Waals surface area contributed by atoms with Gasteiger partial charge in [-0.2, -0.15) is 0 Å². The Morgan fingerprint density at radius 2 is 1.66 bits per heavy atom. The van der Waals surface area contributed by atoms with Crippen molar-refractivity contribution >= 4 is 34.7 Å². The summed E-state index contributed by atoms with van der Waals surface area (Å²) in [5.74, 6) is -0.0851. The molecule has 0 saturated carbocycles. The number of fused-ring (bicyclic) bond motifs is 1. The minimum atomic E-state index is -0.618. The van der Waals surface area contributed by atoms with Gasteiger partial charge in [0.15, 0.2) is 11.5 Å². The fourth-order valence-electron chi connectivity index (χ4n) is 3.29. The lowest BCUT2D eigenvalue weighted by atomic mass is 10.1. The molecule has 162 valence electrons. The zero-order valence-corrected chi connectivity index (χ0v) is 17.9. The van der Waals surface area contributed by atoms with E-state index in [1.807, 2.05) is 0 Å². The Balaban J connectivity index is 2.02. The van der Waals surface area contributed by atoms with Gasteiger partial charge in [-0.25, -0.2) is 13.8 Å². The van der Waals surface area contributed by atoms with Crippen LogP contribution in [0.3, 0.4) is 0 Å². The molecule has 0 spiro atoms. The minimum absolute atomic E-state index is 0.147. The normalized spacial score (nSPS) is 11.3. The molecule has 4 aromatic rings. The van der Waals surface area contributed by atoms with E-state index in [2.05, 4.69) is 4.98 Å². The van der Waals surface area contributed by atoms with E-state index in [1.54, 1.807) is 24.3 Å². The summed E-state index contributed by atoms with van der Waals surface area (Å²) in [4.78, 5) is 18.0. The zero-order valence-electron chi connectivity index (χ0n) is 17.1. The molecule has 0 atom stereocenters. The third-order valence-electron chi connectivity index (χ3n) is 4.88. The molecule has 0 aliphatic rings. The topological polar surface area (TPSA) is 53.4 Å². The van der Waals surface area contributed by atoms with Gasteiger partial charge in [-0.3, -0.25) is 9.36 Å². The van der Waals surface area contributed by atoms with Gasteiger partial charge in [-0.05, 0) is 42.5 Å². The fourth-order valence-corrected chi connectivity index (χ4v) is 3.46. The first-order chi connectivity index (χ1) is 15.4. The van der Waals surface area contributed by atoms with Crippen molar-refractivity contribution < 1.29 is 18.3 Å². The number of benzene rings is 3. The molecule has 1 heterocycles. The molecule has 4 rings (SSSR count). The van der Waals surface area contributed by atoms with Crippen LogP contribution >= 0.6 is 11.6 Å². The lowest BCUT2D eigenvalue weighted by molar-refractivity contribution is 0.355. The lowest BCUT2D eigenvalue weighted by Gasteiger charge is -2.14. The molecule has 0 radical (unpaired) electrons. The number of hydrogen-bond acceptors (Lipinski definition) is 4. The summed E-state index contributed by atoms with van der Waals surface area (Å²) in [6.07, 6.45) is 3.01. The van der Waals surface area contributed by atoms with Gasteiger partial charge >= 0.3 is 0 Å². The van der Waals surface area contributed by atoms with Gasteiger partial charge in [-0.15, -0.1) is 0 Å². The smallest absolute Gasteiger partial charge is 0.266 e.